The molecule has 1 amide bonds. The lowest BCUT2D eigenvalue weighted by Gasteiger charge is -2.06. The van der Waals surface area contributed by atoms with Crippen LogP contribution in [0.4, 0.5) is 0 Å². The highest BCUT2D eigenvalue weighted by atomic mass is 16.1. The molecule has 94 valence electrons. The molecular weight excluding hydrogens is 214 g/mol. The lowest BCUT2D eigenvalue weighted by Crippen LogP contribution is -2.34. The van der Waals surface area contributed by atoms with Gasteiger partial charge in [-0.05, 0) is 24.1 Å². The third kappa shape index (κ3) is 6.68. The maximum atomic E-state index is 11.4. The van der Waals surface area contributed by atoms with E-state index in [4.69, 9.17) is 0 Å². The van der Waals surface area contributed by atoms with E-state index in [-0.39, 0.29) is 5.91 Å². The van der Waals surface area contributed by atoms with Gasteiger partial charge in [0.15, 0.2) is 0 Å². The summed E-state index contributed by atoms with van der Waals surface area (Å²) in [5, 5.41) is 5.99. The molecule has 0 saturated heterocycles. The molecule has 0 unspecified atom stereocenters. The number of amides is 1. The van der Waals surface area contributed by atoms with Gasteiger partial charge in [0, 0.05) is 25.5 Å². The normalized spacial score (nSPS) is 10.2. The number of aromatic nitrogens is 1. The quantitative estimate of drug-likeness (QED) is 0.671. The molecule has 1 rings (SSSR count). The highest BCUT2D eigenvalue weighted by molar-refractivity contribution is 5.77. The van der Waals surface area contributed by atoms with Crippen LogP contribution >= 0.6 is 0 Å². The lowest BCUT2D eigenvalue weighted by atomic mass is 10.2. The van der Waals surface area contributed by atoms with Crippen LogP contribution in [0.15, 0.2) is 24.5 Å². The molecule has 0 aliphatic heterocycles. The standard InChI is InChI=1S/C13H21N3O/c1-2-3-4-7-16-13(17)11-15-10-12-5-8-14-9-6-12/h5-6,8-9,15H,2-4,7,10-11H2,1H3,(H,16,17). The molecule has 0 saturated carbocycles. The Labute approximate surface area is 103 Å². The summed E-state index contributed by atoms with van der Waals surface area (Å²) in [6.45, 7) is 4.00. The van der Waals surface area contributed by atoms with Crippen LogP contribution in [0.3, 0.4) is 0 Å². The van der Waals surface area contributed by atoms with Gasteiger partial charge < -0.3 is 10.6 Å². The fraction of sp³-hybridized carbons (Fsp3) is 0.538. The molecule has 2 N–H and O–H groups in total. The van der Waals surface area contributed by atoms with Crippen molar-refractivity contribution in [2.24, 2.45) is 0 Å². The third-order valence-corrected chi connectivity index (χ3v) is 2.47. The highest BCUT2D eigenvalue weighted by Gasteiger charge is 1.99. The molecule has 4 nitrogen and oxygen atoms in total. The predicted octanol–water partition coefficient (Wildman–Crippen LogP) is 1.48. The number of rotatable bonds is 8. The Morgan fingerprint density at radius 1 is 1.29 bits per heavy atom. The number of hydrogen-bond donors (Lipinski definition) is 2. The highest BCUT2D eigenvalue weighted by Crippen LogP contribution is 1.94. The maximum Gasteiger partial charge on any atom is 0.233 e. The van der Waals surface area contributed by atoms with Gasteiger partial charge in [-0.1, -0.05) is 19.8 Å². The Morgan fingerprint density at radius 3 is 2.76 bits per heavy atom. The van der Waals surface area contributed by atoms with E-state index in [1.54, 1.807) is 12.4 Å². The number of nitrogens with one attached hydrogen (secondary N) is 2. The minimum absolute atomic E-state index is 0.0650. The number of pyridine rings is 1. The zero-order valence-electron chi connectivity index (χ0n) is 10.4. The first kappa shape index (κ1) is 13.6. The van der Waals surface area contributed by atoms with E-state index < -0.39 is 0 Å². The number of carbonyl (C=O) groups excluding carboxylic acids is 1. The van der Waals surface area contributed by atoms with Gasteiger partial charge in [-0.2, -0.15) is 0 Å². The summed E-state index contributed by atoms with van der Waals surface area (Å²) in [6.07, 6.45) is 6.91. The number of unbranched alkanes of at least 4 members (excludes halogenated alkanes) is 2. The molecule has 0 aliphatic carbocycles. The Morgan fingerprint density at radius 2 is 2.06 bits per heavy atom. The molecule has 0 spiro atoms. The second-order valence-corrected chi connectivity index (χ2v) is 4.02. The SMILES string of the molecule is CCCCCNC(=O)CNCc1ccncc1. The summed E-state index contributed by atoms with van der Waals surface area (Å²) in [5.74, 6) is 0.0650. The molecule has 0 radical (unpaired) electrons. The zero-order chi connectivity index (χ0) is 12.3. The Balaban J connectivity index is 2.04. The van der Waals surface area contributed by atoms with Crippen LogP contribution in [0.25, 0.3) is 0 Å². The fourth-order valence-corrected chi connectivity index (χ4v) is 1.49. The van der Waals surface area contributed by atoms with Crippen molar-refractivity contribution in [1.29, 1.82) is 0 Å². The Bertz CT molecular complexity index is 314. The third-order valence-electron chi connectivity index (χ3n) is 2.47. The van der Waals surface area contributed by atoms with Crippen LogP contribution in [0.1, 0.15) is 31.7 Å². The van der Waals surface area contributed by atoms with Crippen LogP contribution in [0.2, 0.25) is 0 Å². The summed E-state index contributed by atoms with van der Waals surface area (Å²) >= 11 is 0. The summed E-state index contributed by atoms with van der Waals surface area (Å²) in [6, 6.07) is 3.87. The molecule has 0 atom stereocenters. The first-order chi connectivity index (χ1) is 8.33. The molecule has 1 heterocycles. The van der Waals surface area contributed by atoms with Crippen LogP contribution in [-0.4, -0.2) is 24.0 Å². The van der Waals surface area contributed by atoms with E-state index in [0.29, 0.717) is 13.1 Å². The van der Waals surface area contributed by atoms with Gasteiger partial charge in [-0.3, -0.25) is 9.78 Å². The first-order valence-electron chi connectivity index (χ1n) is 6.19. The fourth-order valence-electron chi connectivity index (χ4n) is 1.49. The molecule has 0 aromatic carbocycles. The van der Waals surface area contributed by atoms with Crippen molar-refractivity contribution >= 4 is 5.91 Å². The summed E-state index contributed by atoms with van der Waals surface area (Å²) in [4.78, 5) is 15.3. The van der Waals surface area contributed by atoms with Gasteiger partial charge in [-0.25, -0.2) is 0 Å². The topological polar surface area (TPSA) is 54.0 Å². The molecule has 1 aromatic rings. The predicted molar refractivity (Wildman–Crippen MR) is 68.5 cm³/mol. The average molecular weight is 235 g/mol. The van der Waals surface area contributed by atoms with Gasteiger partial charge in [0.2, 0.25) is 5.91 Å². The zero-order valence-corrected chi connectivity index (χ0v) is 10.4. The molecule has 0 fully saturated rings. The van der Waals surface area contributed by atoms with Crippen molar-refractivity contribution in [3.63, 3.8) is 0 Å². The maximum absolute atomic E-state index is 11.4. The van der Waals surface area contributed by atoms with Crippen LogP contribution in [0.5, 0.6) is 0 Å². The van der Waals surface area contributed by atoms with Crippen molar-refractivity contribution in [3.05, 3.63) is 30.1 Å². The summed E-state index contributed by atoms with van der Waals surface area (Å²) in [5.41, 5.74) is 1.14. The lowest BCUT2D eigenvalue weighted by molar-refractivity contribution is -0.120. The second-order valence-electron chi connectivity index (χ2n) is 4.02. The summed E-state index contributed by atoms with van der Waals surface area (Å²) < 4.78 is 0. The van der Waals surface area contributed by atoms with Gasteiger partial charge >= 0.3 is 0 Å². The van der Waals surface area contributed by atoms with Crippen molar-refractivity contribution in [1.82, 2.24) is 15.6 Å². The van der Waals surface area contributed by atoms with Crippen LogP contribution in [-0.2, 0) is 11.3 Å². The molecular formula is C13H21N3O. The average Bonchev–Trinajstić information content (AvgIpc) is 2.36. The largest absolute Gasteiger partial charge is 0.355 e. The van der Waals surface area contributed by atoms with Crippen LogP contribution < -0.4 is 10.6 Å². The van der Waals surface area contributed by atoms with Gasteiger partial charge in [0.25, 0.3) is 0 Å². The number of nitrogens with zero attached hydrogens (tertiary/aromatic N) is 1. The second kappa shape index (κ2) is 8.70. The Kier molecular flexibility index (Phi) is 6.98. The number of hydrogen-bond acceptors (Lipinski definition) is 3. The van der Waals surface area contributed by atoms with Crippen molar-refractivity contribution in [2.45, 2.75) is 32.7 Å². The smallest absolute Gasteiger partial charge is 0.233 e. The Hall–Kier alpha value is -1.42. The summed E-state index contributed by atoms with van der Waals surface area (Å²) in [7, 11) is 0. The van der Waals surface area contributed by atoms with E-state index in [1.807, 2.05) is 12.1 Å². The van der Waals surface area contributed by atoms with Crippen molar-refractivity contribution in [3.8, 4) is 0 Å². The molecule has 0 aliphatic rings. The van der Waals surface area contributed by atoms with Crippen molar-refractivity contribution < 1.29 is 4.79 Å². The van der Waals surface area contributed by atoms with Gasteiger partial charge in [-0.15, -0.1) is 0 Å². The van der Waals surface area contributed by atoms with Gasteiger partial charge in [0.1, 0.15) is 0 Å². The molecule has 4 heteroatoms. The monoisotopic (exact) mass is 235 g/mol. The van der Waals surface area contributed by atoms with Crippen molar-refractivity contribution in [2.75, 3.05) is 13.1 Å². The van der Waals surface area contributed by atoms with E-state index in [9.17, 15) is 4.79 Å². The minimum Gasteiger partial charge on any atom is -0.355 e. The van der Waals surface area contributed by atoms with E-state index in [1.165, 1.54) is 12.8 Å². The van der Waals surface area contributed by atoms with E-state index in [2.05, 4.69) is 22.5 Å². The van der Waals surface area contributed by atoms with Gasteiger partial charge in [0.05, 0.1) is 6.54 Å². The van der Waals surface area contributed by atoms with E-state index >= 15 is 0 Å². The van der Waals surface area contributed by atoms with Crippen LogP contribution in [0, 0.1) is 0 Å². The van der Waals surface area contributed by atoms with E-state index in [0.717, 1.165) is 18.5 Å². The number of carbonyl (C=O) groups is 1. The molecule has 17 heavy (non-hydrogen) atoms. The minimum atomic E-state index is 0.0650. The first-order valence-corrected chi connectivity index (χ1v) is 6.19. The molecule has 0 bridgehead atoms. The molecule has 1 aromatic heterocycles.